The fraction of sp³-hybridized carbons (Fsp3) is 0.174. The molecule has 31 heavy (non-hydrogen) atoms. The fourth-order valence-electron chi connectivity index (χ4n) is 2.98. The molecule has 1 atom stereocenters. The third-order valence-corrected chi connectivity index (χ3v) is 4.72. The topological polar surface area (TPSA) is 95.2 Å². The van der Waals surface area contributed by atoms with Crippen molar-refractivity contribution < 1.29 is 9.47 Å². The molecule has 0 saturated heterocycles. The number of ether oxygens (including phenoxy) is 2. The van der Waals surface area contributed by atoms with Crippen molar-refractivity contribution in [1.29, 1.82) is 0 Å². The Bertz CT molecular complexity index is 1170. The summed E-state index contributed by atoms with van der Waals surface area (Å²) in [5.74, 6) is 1.86. The van der Waals surface area contributed by atoms with Gasteiger partial charge in [-0.15, -0.1) is 0 Å². The Balaban J connectivity index is 1.55. The van der Waals surface area contributed by atoms with Crippen LogP contribution in [0.25, 0.3) is 10.9 Å². The molecule has 0 spiro atoms. The summed E-state index contributed by atoms with van der Waals surface area (Å²) < 4.78 is 11.7. The highest BCUT2D eigenvalue weighted by Crippen LogP contribution is 2.34. The van der Waals surface area contributed by atoms with E-state index in [4.69, 9.17) is 26.8 Å². The van der Waals surface area contributed by atoms with E-state index < -0.39 is 0 Å². The molecule has 0 bridgehead atoms. The Labute approximate surface area is 185 Å². The molecule has 2 aromatic heterocycles. The Morgan fingerprint density at radius 3 is 2.68 bits per heavy atom. The molecule has 7 nitrogen and oxygen atoms in total. The Hall–Kier alpha value is -3.42. The van der Waals surface area contributed by atoms with Crippen LogP contribution in [0.4, 0.5) is 11.5 Å². The van der Waals surface area contributed by atoms with Gasteiger partial charge in [0.25, 0.3) is 0 Å². The van der Waals surface area contributed by atoms with Gasteiger partial charge in [-0.1, -0.05) is 23.7 Å². The van der Waals surface area contributed by atoms with E-state index >= 15 is 0 Å². The van der Waals surface area contributed by atoms with E-state index in [1.165, 1.54) is 6.33 Å². The van der Waals surface area contributed by atoms with Crippen molar-refractivity contribution >= 4 is 34.0 Å². The lowest BCUT2D eigenvalue weighted by Crippen LogP contribution is -2.23. The zero-order valence-corrected chi connectivity index (χ0v) is 17.7. The highest BCUT2D eigenvalue weighted by atomic mass is 35.5. The van der Waals surface area contributed by atoms with Gasteiger partial charge in [0.15, 0.2) is 0 Å². The summed E-state index contributed by atoms with van der Waals surface area (Å²) in [5.41, 5.74) is 8.19. The minimum absolute atomic E-state index is 0.0891. The molecule has 4 rings (SSSR count). The van der Waals surface area contributed by atoms with Gasteiger partial charge in [0.2, 0.25) is 0 Å². The number of aromatic nitrogens is 3. The van der Waals surface area contributed by atoms with Gasteiger partial charge in [-0.05, 0) is 49.4 Å². The molecule has 8 heteroatoms. The van der Waals surface area contributed by atoms with E-state index in [0.717, 1.165) is 22.3 Å². The van der Waals surface area contributed by atoms with Crippen molar-refractivity contribution in [3.05, 3.63) is 77.8 Å². The maximum atomic E-state index is 6.44. The highest BCUT2D eigenvalue weighted by Gasteiger charge is 2.12. The van der Waals surface area contributed by atoms with Gasteiger partial charge in [-0.3, -0.25) is 4.98 Å². The molecular weight excluding hydrogens is 414 g/mol. The Morgan fingerprint density at radius 2 is 1.90 bits per heavy atom. The van der Waals surface area contributed by atoms with Crippen LogP contribution < -0.4 is 20.5 Å². The van der Waals surface area contributed by atoms with Crippen molar-refractivity contribution in [2.75, 3.05) is 11.9 Å². The van der Waals surface area contributed by atoms with Gasteiger partial charge >= 0.3 is 0 Å². The Morgan fingerprint density at radius 1 is 1.00 bits per heavy atom. The number of nitrogens with two attached hydrogens (primary N) is 1. The first-order valence-corrected chi connectivity index (χ1v) is 10.2. The molecule has 0 unspecified atom stereocenters. The molecule has 0 fully saturated rings. The predicted molar refractivity (Wildman–Crippen MR) is 122 cm³/mol. The first-order valence-electron chi connectivity index (χ1n) is 9.81. The summed E-state index contributed by atoms with van der Waals surface area (Å²) in [7, 11) is 0. The van der Waals surface area contributed by atoms with E-state index in [2.05, 4.69) is 20.3 Å². The van der Waals surface area contributed by atoms with E-state index in [-0.39, 0.29) is 6.04 Å². The second-order valence-electron chi connectivity index (χ2n) is 7.04. The number of rotatable bonds is 8. The lowest BCUT2D eigenvalue weighted by molar-refractivity contribution is 0.299. The van der Waals surface area contributed by atoms with Crippen LogP contribution in [0.1, 0.15) is 12.6 Å². The lowest BCUT2D eigenvalue weighted by Gasteiger charge is -2.15. The number of nitrogens with one attached hydrogen (secondary N) is 1. The summed E-state index contributed by atoms with van der Waals surface area (Å²) >= 11 is 6.44. The van der Waals surface area contributed by atoms with Gasteiger partial charge in [0.1, 0.15) is 36.9 Å². The maximum absolute atomic E-state index is 6.44. The largest absolute Gasteiger partial charge is 0.491 e. The smallest absolute Gasteiger partial charge is 0.145 e. The summed E-state index contributed by atoms with van der Waals surface area (Å²) in [6.45, 7) is 2.62. The van der Waals surface area contributed by atoms with Crippen molar-refractivity contribution in [3.63, 3.8) is 0 Å². The number of benzene rings is 2. The molecule has 3 N–H and O–H groups in total. The first-order chi connectivity index (χ1) is 15.1. The summed E-state index contributed by atoms with van der Waals surface area (Å²) in [6, 6.07) is 16.7. The first kappa shape index (κ1) is 20.8. The second-order valence-corrected chi connectivity index (χ2v) is 7.45. The average molecular weight is 436 g/mol. The van der Waals surface area contributed by atoms with Gasteiger partial charge in [-0.25, -0.2) is 9.97 Å². The summed E-state index contributed by atoms with van der Waals surface area (Å²) in [6.07, 6.45) is 3.23. The molecule has 0 saturated carbocycles. The third-order valence-electron chi connectivity index (χ3n) is 4.42. The normalized spacial score (nSPS) is 11.8. The fourth-order valence-corrected chi connectivity index (χ4v) is 3.22. The molecule has 0 aliphatic carbocycles. The van der Waals surface area contributed by atoms with Gasteiger partial charge in [0, 0.05) is 17.9 Å². The molecule has 0 amide bonds. The minimum atomic E-state index is -0.0891. The molecule has 158 valence electrons. The molecular formula is C23H22ClN5O2. The second kappa shape index (κ2) is 9.59. The number of hydrogen-bond donors (Lipinski definition) is 2. The van der Waals surface area contributed by atoms with Gasteiger partial charge in [0.05, 0.1) is 21.6 Å². The minimum Gasteiger partial charge on any atom is -0.491 e. The summed E-state index contributed by atoms with van der Waals surface area (Å²) in [4.78, 5) is 13.0. The van der Waals surface area contributed by atoms with Crippen LogP contribution >= 0.6 is 11.6 Å². The number of anilines is 2. The SMILES string of the molecule is C[C@@H](N)COc1cccc2ncnc(Nc3ccc(OCc4ccccn4)c(Cl)c3)c12. The highest BCUT2D eigenvalue weighted by molar-refractivity contribution is 6.32. The van der Waals surface area contributed by atoms with Crippen molar-refractivity contribution in [1.82, 2.24) is 15.0 Å². The average Bonchev–Trinajstić information content (AvgIpc) is 2.78. The van der Waals surface area contributed by atoms with Gasteiger partial charge in [-0.2, -0.15) is 0 Å². The van der Waals surface area contributed by atoms with Crippen LogP contribution in [-0.4, -0.2) is 27.6 Å². The van der Waals surface area contributed by atoms with Crippen LogP contribution in [0.5, 0.6) is 11.5 Å². The van der Waals surface area contributed by atoms with Gasteiger partial charge < -0.3 is 20.5 Å². The molecule has 0 aliphatic rings. The molecule has 0 aliphatic heterocycles. The molecule has 2 aromatic carbocycles. The van der Waals surface area contributed by atoms with E-state index in [1.807, 2.05) is 55.5 Å². The lowest BCUT2D eigenvalue weighted by atomic mass is 10.2. The standard InChI is InChI=1S/C23H22ClN5O2/c1-15(25)12-30-21-7-4-6-19-22(21)23(28-14-27-19)29-16-8-9-20(18(24)11-16)31-13-17-5-2-3-10-26-17/h2-11,14-15H,12-13,25H2,1H3,(H,27,28,29)/t15-/m1/s1. The quantitative estimate of drug-likeness (QED) is 0.413. The van der Waals surface area contributed by atoms with E-state index in [1.54, 1.807) is 12.3 Å². The monoisotopic (exact) mass is 435 g/mol. The molecule has 0 radical (unpaired) electrons. The van der Waals surface area contributed by atoms with Crippen molar-refractivity contribution in [3.8, 4) is 11.5 Å². The number of halogens is 1. The number of hydrogen-bond acceptors (Lipinski definition) is 7. The summed E-state index contributed by atoms with van der Waals surface area (Å²) in [5, 5.41) is 4.56. The Kier molecular flexibility index (Phi) is 6.45. The van der Waals surface area contributed by atoms with Crippen LogP contribution in [0.2, 0.25) is 5.02 Å². The van der Waals surface area contributed by atoms with Crippen molar-refractivity contribution in [2.45, 2.75) is 19.6 Å². The zero-order valence-electron chi connectivity index (χ0n) is 17.0. The van der Waals surface area contributed by atoms with Crippen LogP contribution in [0, 0.1) is 0 Å². The van der Waals surface area contributed by atoms with Crippen LogP contribution in [0.15, 0.2) is 67.1 Å². The number of pyridine rings is 1. The zero-order chi connectivity index (χ0) is 21.6. The third kappa shape index (κ3) is 5.20. The van der Waals surface area contributed by atoms with Crippen LogP contribution in [-0.2, 0) is 6.61 Å². The van der Waals surface area contributed by atoms with E-state index in [0.29, 0.717) is 35.6 Å². The number of fused-ring (bicyclic) bond motifs is 1. The molecule has 4 aromatic rings. The van der Waals surface area contributed by atoms with Crippen LogP contribution in [0.3, 0.4) is 0 Å². The predicted octanol–water partition coefficient (Wildman–Crippen LogP) is 4.73. The van der Waals surface area contributed by atoms with E-state index in [9.17, 15) is 0 Å². The number of nitrogens with zero attached hydrogens (tertiary/aromatic N) is 3. The molecule has 2 heterocycles. The maximum Gasteiger partial charge on any atom is 0.145 e. The van der Waals surface area contributed by atoms with Crippen molar-refractivity contribution in [2.24, 2.45) is 5.73 Å².